The molecule has 0 aliphatic heterocycles. The standard InChI is InChI=1S/C27H55NOS.CH3NOS.Mo.S/c1-4-7-9-10-11-12-13-14-15-16-17-18-19-20-21-22-24-28(27(29)30)25-26(6-3)23-8-5-2;2-1(3)4;;/h26H,4-25H2,1-3H3,(H,29,30);(H3,2,3,4);;. The maximum absolute atomic E-state index is 11.9. The molecule has 0 aromatic carbocycles. The Kier molecular flexibility index (Phi) is 40.5. The first-order valence-electron chi connectivity index (χ1n) is 14.5. The van der Waals surface area contributed by atoms with Crippen LogP contribution in [0.5, 0.6) is 0 Å². The van der Waals surface area contributed by atoms with E-state index in [9.17, 15) is 4.79 Å². The van der Waals surface area contributed by atoms with Gasteiger partial charge in [0.15, 0.2) is 0 Å². The third kappa shape index (κ3) is 36.7. The van der Waals surface area contributed by atoms with Gasteiger partial charge < -0.3 is 10.6 Å². The monoisotopic (exact) mass is 648 g/mol. The van der Waals surface area contributed by atoms with Crippen LogP contribution < -0.4 is 5.73 Å². The molecule has 2 amide bonds. The SMILES string of the molecule is CCCCCCCCCCCCCCCCCCN(CC(CC)CCCC)C(=O)S.NC(=O)S.[S]=[Mo]. The first-order valence-corrected chi connectivity index (χ1v) is 18.2. The summed E-state index contributed by atoms with van der Waals surface area (Å²) in [5.41, 5.74) is 4.34. The van der Waals surface area contributed by atoms with Gasteiger partial charge in [0, 0.05) is 13.1 Å². The molecule has 0 radical (unpaired) electrons. The van der Waals surface area contributed by atoms with Crippen LogP contribution in [0.2, 0.25) is 0 Å². The Morgan fingerprint density at radius 3 is 1.33 bits per heavy atom. The Labute approximate surface area is 250 Å². The summed E-state index contributed by atoms with van der Waals surface area (Å²) in [4.78, 5) is 22.9. The minimum absolute atomic E-state index is 0.0362. The van der Waals surface area contributed by atoms with Crippen molar-refractivity contribution in [2.24, 2.45) is 11.7 Å². The number of primary amides is 1. The molecular formula is C28H58MoN2O2S3. The number of unbranched alkanes of at least 4 members (excludes halogenated alkanes) is 16. The van der Waals surface area contributed by atoms with Crippen molar-refractivity contribution in [2.45, 2.75) is 149 Å². The number of amides is 2. The van der Waals surface area contributed by atoms with Crippen LogP contribution in [0.3, 0.4) is 0 Å². The zero-order chi connectivity index (χ0) is 27.9. The van der Waals surface area contributed by atoms with Gasteiger partial charge in [0.05, 0.1) is 0 Å². The Morgan fingerprint density at radius 2 is 1.03 bits per heavy atom. The van der Waals surface area contributed by atoms with Gasteiger partial charge in [-0.3, -0.25) is 9.59 Å². The predicted molar refractivity (Wildman–Crippen MR) is 165 cm³/mol. The zero-order valence-electron chi connectivity index (χ0n) is 23.7. The summed E-state index contributed by atoms with van der Waals surface area (Å²) in [5.74, 6) is 0.641. The molecule has 0 saturated carbocycles. The van der Waals surface area contributed by atoms with E-state index in [0.717, 1.165) is 25.9 Å². The van der Waals surface area contributed by atoms with Crippen molar-refractivity contribution >= 4 is 45.6 Å². The molecule has 0 fully saturated rings. The first kappa shape index (κ1) is 41.0. The summed E-state index contributed by atoms with van der Waals surface area (Å²) in [7, 11) is 4.09. The van der Waals surface area contributed by atoms with Gasteiger partial charge in [0.2, 0.25) is 0 Å². The number of carbonyl (C=O) groups excluding carboxylic acids is 2. The topological polar surface area (TPSA) is 63.4 Å². The Balaban J connectivity index is -0.00000164. The molecule has 0 rings (SSSR count). The number of nitrogens with zero attached hydrogens (tertiary/aromatic N) is 1. The number of thiol groups is 2. The molecule has 0 heterocycles. The van der Waals surface area contributed by atoms with Crippen molar-refractivity contribution in [3.8, 4) is 0 Å². The van der Waals surface area contributed by atoms with Crippen LogP contribution in [0.25, 0.3) is 0 Å². The summed E-state index contributed by atoms with van der Waals surface area (Å²) in [6, 6.07) is 0. The van der Waals surface area contributed by atoms with Crippen LogP contribution >= 0.6 is 35.1 Å². The first-order chi connectivity index (χ1) is 17.4. The third-order valence-corrected chi connectivity index (χ3v) is 6.86. The van der Waals surface area contributed by atoms with E-state index < -0.39 is 5.24 Å². The molecule has 1 unspecified atom stereocenters. The van der Waals surface area contributed by atoms with Gasteiger partial charge >= 0.3 is 27.8 Å². The normalized spacial score (nSPS) is 11.0. The Hall–Kier alpha value is 0.548. The molecule has 0 aliphatic carbocycles. The molecule has 1 atom stereocenters. The molecule has 0 aliphatic rings. The second-order valence-electron chi connectivity index (χ2n) is 9.79. The van der Waals surface area contributed by atoms with Gasteiger partial charge in [0.1, 0.15) is 0 Å². The Bertz CT molecular complexity index is 470. The molecular weight excluding hydrogens is 588 g/mol. The average molecular weight is 647 g/mol. The molecule has 4 nitrogen and oxygen atoms in total. The second-order valence-corrected chi connectivity index (χ2v) is 10.6. The number of rotatable bonds is 23. The van der Waals surface area contributed by atoms with Crippen LogP contribution in [0.1, 0.15) is 149 Å². The van der Waals surface area contributed by atoms with Gasteiger partial charge in [-0.15, -0.1) is 0 Å². The molecule has 0 aromatic heterocycles. The second kappa shape index (κ2) is 35.5. The number of hydrogen-bond acceptors (Lipinski definition) is 3. The van der Waals surface area contributed by atoms with E-state index in [-0.39, 0.29) is 5.24 Å². The predicted octanol–water partition coefficient (Wildman–Crippen LogP) is 10.5. The van der Waals surface area contributed by atoms with Crippen molar-refractivity contribution in [1.82, 2.24) is 4.90 Å². The van der Waals surface area contributed by atoms with Crippen LogP contribution in [0.4, 0.5) is 9.59 Å². The van der Waals surface area contributed by atoms with E-state index in [1.165, 1.54) is 134 Å². The molecule has 0 bridgehead atoms. The van der Waals surface area contributed by atoms with E-state index in [1.807, 2.05) is 4.90 Å². The molecule has 8 heteroatoms. The summed E-state index contributed by atoms with van der Waals surface area (Å²) in [5, 5.41) is -0.675. The number of hydrogen-bond donors (Lipinski definition) is 3. The van der Waals surface area contributed by atoms with Crippen molar-refractivity contribution in [1.29, 1.82) is 0 Å². The van der Waals surface area contributed by atoms with Gasteiger partial charge in [-0.05, 0) is 18.8 Å². The maximum atomic E-state index is 11.9. The van der Waals surface area contributed by atoms with Crippen LogP contribution in [0, 0.1) is 5.92 Å². The van der Waals surface area contributed by atoms with E-state index in [1.54, 1.807) is 0 Å². The van der Waals surface area contributed by atoms with Gasteiger partial charge in [-0.2, -0.15) is 0 Å². The molecule has 0 saturated heterocycles. The fraction of sp³-hybridized carbons (Fsp3) is 0.929. The minimum atomic E-state index is -0.639. The summed E-state index contributed by atoms with van der Waals surface area (Å²) in [6.45, 7) is 8.57. The van der Waals surface area contributed by atoms with Gasteiger partial charge in [-0.1, -0.05) is 162 Å². The van der Waals surface area contributed by atoms with E-state index in [2.05, 4.69) is 61.6 Å². The van der Waals surface area contributed by atoms with E-state index >= 15 is 0 Å². The van der Waals surface area contributed by atoms with Crippen LogP contribution in [-0.4, -0.2) is 28.5 Å². The van der Waals surface area contributed by atoms with Crippen LogP contribution in [-0.2, 0) is 18.0 Å². The average Bonchev–Trinajstić information content (AvgIpc) is 2.85. The van der Waals surface area contributed by atoms with E-state index in [4.69, 9.17) is 4.79 Å². The van der Waals surface area contributed by atoms with Crippen molar-refractivity contribution < 1.29 is 27.6 Å². The van der Waals surface area contributed by atoms with Crippen molar-refractivity contribution in [2.75, 3.05) is 13.1 Å². The molecule has 0 aromatic rings. The number of carbonyl (C=O) groups is 2. The van der Waals surface area contributed by atoms with Crippen molar-refractivity contribution in [3.63, 3.8) is 0 Å². The zero-order valence-corrected chi connectivity index (χ0v) is 28.3. The molecule has 36 heavy (non-hydrogen) atoms. The third-order valence-electron chi connectivity index (χ3n) is 6.57. The van der Waals surface area contributed by atoms with Crippen LogP contribution in [0.15, 0.2) is 0 Å². The van der Waals surface area contributed by atoms with Gasteiger partial charge in [-0.25, -0.2) is 0 Å². The number of nitrogens with two attached hydrogens (primary N) is 1. The fourth-order valence-corrected chi connectivity index (χ4v) is 4.53. The molecule has 216 valence electrons. The van der Waals surface area contributed by atoms with E-state index in [0.29, 0.717) is 5.92 Å². The Morgan fingerprint density at radius 1 is 0.694 bits per heavy atom. The van der Waals surface area contributed by atoms with Gasteiger partial charge in [0.25, 0.3) is 10.5 Å². The molecule has 0 spiro atoms. The van der Waals surface area contributed by atoms with Crippen molar-refractivity contribution in [3.05, 3.63) is 0 Å². The molecule has 2 N–H and O–H groups in total. The quantitative estimate of drug-likeness (QED) is 0.0588. The summed E-state index contributed by atoms with van der Waals surface area (Å²) >= 11 is 8.75. The summed E-state index contributed by atoms with van der Waals surface area (Å²) < 4.78 is 0. The summed E-state index contributed by atoms with van der Waals surface area (Å²) in [6.07, 6.45) is 27.1. The fourth-order valence-electron chi connectivity index (χ4n) is 4.34.